The highest BCUT2D eigenvalue weighted by molar-refractivity contribution is 6.04. The van der Waals surface area contributed by atoms with Crippen molar-refractivity contribution >= 4 is 11.7 Å². The van der Waals surface area contributed by atoms with Crippen molar-refractivity contribution in [1.82, 2.24) is 9.78 Å². The predicted octanol–water partition coefficient (Wildman–Crippen LogP) is 3.86. The van der Waals surface area contributed by atoms with Gasteiger partial charge in [0.05, 0.1) is 19.3 Å². The van der Waals surface area contributed by atoms with Crippen molar-refractivity contribution in [2.24, 2.45) is 0 Å². The summed E-state index contributed by atoms with van der Waals surface area (Å²) in [5, 5.41) is 7.11. The first-order valence-corrected chi connectivity index (χ1v) is 8.06. The van der Waals surface area contributed by atoms with Crippen LogP contribution in [0.5, 0.6) is 11.5 Å². The van der Waals surface area contributed by atoms with Crippen LogP contribution >= 0.6 is 0 Å². The van der Waals surface area contributed by atoms with Crippen molar-refractivity contribution in [3.63, 3.8) is 0 Å². The highest BCUT2D eigenvalue weighted by atomic mass is 19.3. The molecule has 8 heteroatoms. The van der Waals surface area contributed by atoms with Gasteiger partial charge in [-0.15, -0.1) is 0 Å². The number of alkyl halides is 2. The molecule has 0 bridgehead atoms. The van der Waals surface area contributed by atoms with E-state index in [1.807, 2.05) is 4.68 Å². The first kappa shape index (κ1) is 17.2. The number of carbonyl (C=O) groups is 1. The number of carbonyl (C=O) groups excluding carboxylic acids is 1. The zero-order valence-corrected chi connectivity index (χ0v) is 13.7. The van der Waals surface area contributed by atoms with Crippen LogP contribution in [0.2, 0.25) is 0 Å². The van der Waals surface area contributed by atoms with Gasteiger partial charge < -0.3 is 14.8 Å². The Balaban J connectivity index is 1.76. The minimum Gasteiger partial charge on any atom is -0.493 e. The number of anilines is 1. The number of aromatic nitrogens is 2. The van der Waals surface area contributed by atoms with E-state index in [0.29, 0.717) is 11.9 Å². The number of amides is 1. The minimum atomic E-state index is -2.96. The second-order valence-corrected chi connectivity index (χ2v) is 5.80. The molecular formula is C17H19F2N3O3. The third kappa shape index (κ3) is 3.89. The fraction of sp³-hybridized carbons (Fsp3) is 0.412. The molecule has 1 aromatic heterocycles. The van der Waals surface area contributed by atoms with Gasteiger partial charge in [-0.25, -0.2) is 4.68 Å². The Morgan fingerprint density at radius 1 is 1.28 bits per heavy atom. The van der Waals surface area contributed by atoms with Crippen molar-refractivity contribution in [1.29, 1.82) is 0 Å². The normalized spacial score (nSPS) is 14.7. The summed E-state index contributed by atoms with van der Waals surface area (Å²) < 4.78 is 36.0. The second kappa shape index (κ2) is 7.50. The smallest absolute Gasteiger partial charge is 0.387 e. The summed E-state index contributed by atoms with van der Waals surface area (Å²) in [6, 6.07) is 6.09. The molecular weight excluding hydrogens is 332 g/mol. The van der Waals surface area contributed by atoms with Gasteiger partial charge in [0.15, 0.2) is 11.5 Å². The summed E-state index contributed by atoms with van der Waals surface area (Å²) in [5.74, 6) is 0.188. The molecule has 1 aromatic carbocycles. The zero-order valence-electron chi connectivity index (χ0n) is 13.7. The van der Waals surface area contributed by atoms with Crippen molar-refractivity contribution in [3.8, 4) is 11.5 Å². The Kier molecular flexibility index (Phi) is 5.16. The van der Waals surface area contributed by atoms with Gasteiger partial charge >= 0.3 is 6.61 Å². The van der Waals surface area contributed by atoms with Crippen LogP contribution in [0.15, 0.2) is 30.5 Å². The van der Waals surface area contributed by atoms with E-state index >= 15 is 0 Å². The van der Waals surface area contributed by atoms with E-state index < -0.39 is 6.61 Å². The Morgan fingerprint density at radius 2 is 2.04 bits per heavy atom. The third-order valence-corrected chi connectivity index (χ3v) is 4.22. The van der Waals surface area contributed by atoms with Crippen LogP contribution in [0, 0.1) is 0 Å². The van der Waals surface area contributed by atoms with E-state index in [9.17, 15) is 13.6 Å². The molecule has 0 unspecified atom stereocenters. The highest BCUT2D eigenvalue weighted by Crippen LogP contribution is 2.32. The summed E-state index contributed by atoms with van der Waals surface area (Å²) >= 11 is 0. The van der Waals surface area contributed by atoms with Gasteiger partial charge in [0.1, 0.15) is 5.82 Å². The molecule has 2 aromatic rings. The van der Waals surface area contributed by atoms with Crippen LogP contribution in [-0.4, -0.2) is 29.4 Å². The average molecular weight is 351 g/mol. The van der Waals surface area contributed by atoms with Gasteiger partial charge in [-0.2, -0.15) is 13.9 Å². The molecule has 6 nitrogen and oxygen atoms in total. The van der Waals surface area contributed by atoms with Gasteiger partial charge in [0, 0.05) is 11.6 Å². The summed E-state index contributed by atoms with van der Waals surface area (Å²) in [4.78, 5) is 12.5. The molecule has 1 aliphatic rings. The maximum absolute atomic E-state index is 12.5. The quantitative estimate of drug-likeness (QED) is 0.858. The number of ether oxygens (including phenoxy) is 2. The average Bonchev–Trinajstić information content (AvgIpc) is 3.25. The fourth-order valence-electron chi connectivity index (χ4n) is 3.04. The highest BCUT2D eigenvalue weighted by Gasteiger charge is 2.21. The number of nitrogens with zero attached hydrogens (tertiary/aromatic N) is 2. The van der Waals surface area contributed by atoms with Gasteiger partial charge in [-0.3, -0.25) is 4.79 Å². The number of methoxy groups -OCH3 is 1. The molecule has 1 N–H and O–H groups in total. The van der Waals surface area contributed by atoms with Gasteiger partial charge in [0.2, 0.25) is 0 Å². The molecule has 3 rings (SSSR count). The Morgan fingerprint density at radius 3 is 2.72 bits per heavy atom. The maximum Gasteiger partial charge on any atom is 0.387 e. The molecule has 1 heterocycles. The first-order valence-electron chi connectivity index (χ1n) is 8.06. The molecule has 0 atom stereocenters. The molecule has 0 spiro atoms. The van der Waals surface area contributed by atoms with Crippen molar-refractivity contribution < 1.29 is 23.0 Å². The third-order valence-electron chi connectivity index (χ3n) is 4.22. The Labute approximate surface area is 143 Å². The topological polar surface area (TPSA) is 65.4 Å². The number of benzene rings is 1. The monoisotopic (exact) mass is 351 g/mol. The van der Waals surface area contributed by atoms with Gasteiger partial charge in [-0.1, -0.05) is 12.8 Å². The molecule has 1 aliphatic carbocycles. The number of hydrogen-bond acceptors (Lipinski definition) is 4. The van der Waals surface area contributed by atoms with Crippen LogP contribution in [0.3, 0.4) is 0 Å². The molecule has 0 radical (unpaired) electrons. The van der Waals surface area contributed by atoms with Crippen molar-refractivity contribution in [3.05, 3.63) is 36.0 Å². The first-order chi connectivity index (χ1) is 12.1. The number of hydrogen-bond donors (Lipinski definition) is 1. The number of nitrogens with one attached hydrogen (secondary N) is 1. The maximum atomic E-state index is 12.5. The van der Waals surface area contributed by atoms with E-state index in [2.05, 4.69) is 15.2 Å². The van der Waals surface area contributed by atoms with Crippen molar-refractivity contribution in [2.75, 3.05) is 12.4 Å². The van der Waals surface area contributed by atoms with Crippen LogP contribution < -0.4 is 14.8 Å². The minimum absolute atomic E-state index is 0.0669. The standard InChI is InChI=1S/C17H19F2N3O3/c1-24-14-10-11(6-7-13(14)25-17(18)19)16(23)21-15-8-9-20-22(15)12-4-2-3-5-12/h6-10,12,17H,2-5H2,1H3,(H,21,23). The van der Waals surface area contributed by atoms with E-state index in [0.717, 1.165) is 25.7 Å². The lowest BCUT2D eigenvalue weighted by Crippen LogP contribution is -2.18. The van der Waals surface area contributed by atoms with Crippen molar-refractivity contribution in [2.45, 2.75) is 38.3 Å². The summed E-state index contributed by atoms with van der Waals surface area (Å²) in [6.45, 7) is -2.96. The predicted molar refractivity (Wildman–Crippen MR) is 87.3 cm³/mol. The second-order valence-electron chi connectivity index (χ2n) is 5.80. The van der Waals surface area contributed by atoms with E-state index in [1.165, 1.54) is 25.3 Å². The molecule has 0 aliphatic heterocycles. The lowest BCUT2D eigenvalue weighted by atomic mass is 10.2. The zero-order chi connectivity index (χ0) is 17.8. The Hall–Kier alpha value is -2.64. The lowest BCUT2D eigenvalue weighted by Gasteiger charge is -2.15. The van der Waals surface area contributed by atoms with Crippen LogP contribution in [0.1, 0.15) is 42.1 Å². The number of halogens is 2. The van der Waals surface area contributed by atoms with Gasteiger partial charge in [0.25, 0.3) is 5.91 Å². The lowest BCUT2D eigenvalue weighted by molar-refractivity contribution is -0.0512. The molecule has 25 heavy (non-hydrogen) atoms. The summed E-state index contributed by atoms with van der Waals surface area (Å²) in [6.07, 6.45) is 6.03. The van der Waals surface area contributed by atoms with Crippen LogP contribution in [0.4, 0.5) is 14.6 Å². The molecule has 1 fully saturated rings. The van der Waals surface area contributed by atoms with E-state index in [4.69, 9.17) is 4.74 Å². The molecule has 1 saturated carbocycles. The molecule has 1 amide bonds. The van der Waals surface area contributed by atoms with Crippen LogP contribution in [-0.2, 0) is 0 Å². The van der Waals surface area contributed by atoms with E-state index in [-0.39, 0.29) is 23.0 Å². The fourth-order valence-corrected chi connectivity index (χ4v) is 3.04. The SMILES string of the molecule is COc1cc(C(=O)Nc2ccnn2C2CCCC2)ccc1OC(F)F. The Bertz CT molecular complexity index is 742. The van der Waals surface area contributed by atoms with Gasteiger partial charge in [-0.05, 0) is 31.0 Å². The van der Waals surface area contributed by atoms with Crippen LogP contribution in [0.25, 0.3) is 0 Å². The molecule has 134 valence electrons. The summed E-state index contributed by atoms with van der Waals surface area (Å²) in [5.41, 5.74) is 0.276. The molecule has 0 saturated heterocycles. The largest absolute Gasteiger partial charge is 0.493 e. The number of rotatable bonds is 6. The summed E-state index contributed by atoms with van der Waals surface area (Å²) in [7, 11) is 1.32. The van der Waals surface area contributed by atoms with E-state index in [1.54, 1.807) is 12.3 Å².